The van der Waals surface area contributed by atoms with Crippen molar-refractivity contribution in [2.75, 3.05) is 5.32 Å². The molecular formula is C50H74F4N2O11. The van der Waals surface area contributed by atoms with E-state index in [4.69, 9.17) is 23.7 Å². The molecule has 0 unspecified atom stereocenters. The standard InChI is InChI=1S/C50H74F4N2O11/c1-11-35(44(59)60)37-15-14-26(4)42(64-37)30(8)40(57)29(7)41(58)36(12-2)43-27(5)22-28(6)48(65-43)19-16-38(56-45(61)55-34-24-32(50(52,53)54)23-33(51)25-34)49(67-48)21-20-46(10,66-49)39-17-18-47(62,13-3)31(9)63-39/h16,19,23-31,35-40,42-43,57,62H,11-15,17-18,20-22H2,1-10H3,(H,59,60)(H2,55,56,61)/t26-,27-,28+,29-,30-,31-,35+,36-,37+,38+,39+,40+,42+,43-,46-,47+,48-,49-/m0/s1. The number of aliphatic hydroxyl groups is 2. The number of Topliss-reactive ketones (excluding diaryl/α,β-unsaturated/α-hetero) is 1. The van der Waals surface area contributed by atoms with Gasteiger partial charge in [-0.3, -0.25) is 9.59 Å². The first-order chi connectivity index (χ1) is 31.3. The van der Waals surface area contributed by atoms with Crippen LogP contribution >= 0.6 is 0 Å². The van der Waals surface area contributed by atoms with Gasteiger partial charge in [0.25, 0.3) is 0 Å². The number of alkyl halides is 3. The molecule has 0 radical (unpaired) electrons. The normalized spacial score (nSPS) is 39.1. The molecule has 13 nitrogen and oxygen atoms in total. The van der Waals surface area contributed by atoms with Crippen molar-refractivity contribution < 1.29 is 70.9 Å². The molecule has 1 aromatic carbocycles. The minimum atomic E-state index is -4.86. The molecule has 5 heterocycles. The van der Waals surface area contributed by atoms with Crippen LogP contribution in [0.4, 0.5) is 28.0 Å². The molecule has 6 rings (SSSR count). The topological polar surface area (TPSA) is 182 Å². The molecule has 5 aliphatic rings. The number of carboxylic acid groups (broad SMARTS) is 1. The van der Waals surface area contributed by atoms with Gasteiger partial charge in [-0.2, -0.15) is 13.2 Å². The summed E-state index contributed by atoms with van der Waals surface area (Å²) in [6.45, 7) is 18.8. The van der Waals surface area contributed by atoms with Crippen molar-refractivity contribution in [3.63, 3.8) is 0 Å². The van der Waals surface area contributed by atoms with E-state index in [2.05, 4.69) is 10.6 Å². The third-order valence-electron chi connectivity index (χ3n) is 16.2. The zero-order valence-corrected chi connectivity index (χ0v) is 40.7. The molecule has 2 amide bonds. The lowest BCUT2D eigenvalue weighted by atomic mass is 9.72. The number of amides is 2. The third kappa shape index (κ3) is 10.8. The number of hydrogen-bond donors (Lipinski definition) is 5. The second kappa shape index (κ2) is 20.3. The van der Waals surface area contributed by atoms with Crippen molar-refractivity contribution in [3.05, 3.63) is 41.7 Å². The average Bonchev–Trinajstić information content (AvgIpc) is 3.60. The van der Waals surface area contributed by atoms with Crippen molar-refractivity contribution in [1.29, 1.82) is 0 Å². The number of benzene rings is 1. The number of carbonyl (C=O) groups is 3. The van der Waals surface area contributed by atoms with Crippen LogP contribution < -0.4 is 10.6 Å². The summed E-state index contributed by atoms with van der Waals surface area (Å²) in [6, 6.07) is -0.240. The van der Waals surface area contributed by atoms with Crippen LogP contribution in [0.15, 0.2) is 30.4 Å². The first-order valence-electron chi connectivity index (χ1n) is 24.5. The summed E-state index contributed by atoms with van der Waals surface area (Å²) in [7, 11) is 0. The quantitative estimate of drug-likeness (QED) is 0.0886. The molecule has 1 aromatic rings. The molecule has 0 aromatic heterocycles. The monoisotopic (exact) mass is 955 g/mol. The lowest BCUT2D eigenvalue weighted by Gasteiger charge is -2.55. The fraction of sp³-hybridized carbons (Fsp3) is 0.780. The number of carbonyl (C=O) groups excluding carboxylic acids is 2. The predicted molar refractivity (Wildman–Crippen MR) is 240 cm³/mol. The van der Waals surface area contributed by atoms with E-state index < -0.39 is 124 Å². The SMILES string of the molecule is CC[C@@H](C(=O)[C@@H](C)[C@@H](O)[C@H](C)[C@@H]1O[C@@H]([C@@H](CC)C(=O)O)CC[C@@H]1C)[C@H]1O[C@]2(C=C[C@@H](NC(=O)Nc3cc(F)cc(C(F)(F)F)c3)[C@]3(CC[C@@](C)([C@H]4CC[C@](O)(CC)[C@H](C)O4)O3)O2)[C@H](C)C[C@@H]1C. The summed E-state index contributed by atoms with van der Waals surface area (Å²) < 4.78 is 89.2. The van der Waals surface area contributed by atoms with Gasteiger partial charge in [-0.05, 0) is 108 Å². The van der Waals surface area contributed by atoms with Gasteiger partial charge < -0.3 is 49.6 Å². The fourth-order valence-electron chi connectivity index (χ4n) is 11.8. The second-order valence-electron chi connectivity index (χ2n) is 20.8. The van der Waals surface area contributed by atoms with Crippen LogP contribution in [-0.4, -0.2) is 98.5 Å². The maximum atomic E-state index is 14.7. The number of rotatable bonds is 14. The highest BCUT2D eigenvalue weighted by atomic mass is 19.4. The number of carboxylic acids is 1. The van der Waals surface area contributed by atoms with Gasteiger partial charge >= 0.3 is 18.2 Å². The Morgan fingerprint density at radius 2 is 1.58 bits per heavy atom. The van der Waals surface area contributed by atoms with Crippen LogP contribution in [0.3, 0.4) is 0 Å². The molecule has 5 N–H and O–H groups in total. The molecule has 0 bridgehead atoms. The van der Waals surface area contributed by atoms with Gasteiger partial charge in [-0.1, -0.05) is 61.5 Å². The Hall–Kier alpha value is -3.19. The zero-order chi connectivity index (χ0) is 49.6. The van der Waals surface area contributed by atoms with Gasteiger partial charge in [0.2, 0.25) is 0 Å². The van der Waals surface area contributed by atoms with Crippen LogP contribution in [0.25, 0.3) is 0 Å². The summed E-state index contributed by atoms with van der Waals surface area (Å²) in [4.78, 5) is 40.4. The van der Waals surface area contributed by atoms with Gasteiger partial charge in [-0.25, -0.2) is 9.18 Å². The van der Waals surface area contributed by atoms with E-state index in [1.165, 1.54) is 0 Å². The Morgan fingerprint density at radius 3 is 2.19 bits per heavy atom. The molecule has 4 saturated heterocycles. The molecule has 0 aliphatic carbocycles. The van der Waals surface area contributed by atoms with Crippen LogP contribution in [0.1, 0.15) is 139 Å². The van der Waals surface area contributed by atoms with Crippen LogP contribution in [0.5, 0.6) is 0 Å². The average molecular weight is 955 g/mol. The Balaban J connectivity index is 1.27. The lowest BCUT2D eigenvalue weighted by molar-refractivity contribution is -0.397. The Morgan fingerprint density at radius 1 is 0.896 bits per heavy atom. The maximum absolute atomic E-state index is 14.7. The van der Waals surface area contributed by atoms with E-state index >= 15 is 0 Å². The van der Waals surface area contributed by atoms with E-state index in [0.29, 0.717) is 63.5 Å². The summed E-state index contributed by atoms with van der Waals surface area (Å²) in [6.07, 6.45) is -0.606. The van der Waals surface area contributed by atoms with Gasteiger partial charge in [0, 0.05) is 35.8 Å². The number of ketones is 1. The smallest absolute Gasteiger partial charge is 0.416 e. The third-order valence-corrected chi connectivity index (χ3v) is 16.2. The number of aliphatic carboxylic acids is 1. The van der Waals surface area contributed by atoms with E-state index in [-0.39, 0.29) is 30.0 Å². The first kappa shape index (κ1) is 53.2. The summed E-state index contributed by atoms with van der Waals surface area (Å²) in [5.74, 6) is -8.55. The Bertz CT molecular complexity index is 1970. The fourth-order valence-corrected chi connectivity index (χ4v) is 11.8. The number of anilines is 1. The van der Waals surface area contributed by atoms with Gasteiger partial charge in [0.15, 0.2) is 11.6 Å². The van der Waals surface area contributed by atoms with Crippen LogP contribution in [0.2, 0.25) is 0 Å². The van der Waals surface area contributed by atoms with Gasteiger partial charge in [-0.15, -0.1) is 0 Å². The number of hydrogen-bond acceptors (Lipinski definition) is 10. The Kier molecular flexibility index (Phi) is 16.1. The van der Waals surface area contributed by atoms with E-state index in [1.54, 1.807) is 19.1 Å². The molecule has 0 saturated carbocycles. The molecule has 378 valence electrons. The first-order valence-corrected chi connectivity index (χ1v) is 24.5. The van der Waals surface area contributed by atoms with E-state index in [0.717, 1.165) is 12.5 Å². The summed E-state index contributed by atoms with van der Waals surface area (Å²) in [5.41, 5.74) is -3.72. The number of ether oxygens (including phenoxy) is 5. The summed E-state index contributed by atoms with van der Waals surface area (Å²) in [5, 5.41) is 38.1. The highest BCUT2D eigenvalue weighted by molar-refractivity contribution is 5.90. The molecule has 67 heavy (non-hydrogen) atoms. The van der Waals surface area contributed by atoms with Crippen molar-refractivity contribution in [2.24, 2.45) is 41.4 Å². The van der Waals surface area contributed by atoms with Crippen molar-refractivity contribution in [3.8, 4) is 0 Å². The number of nitrogens with one attached hydrogen (secondary N) is 2. The highest BCUT2D eigenvalue weighted by Crippen LogP contribution is 2.54. The molecule has 5 aliphatic heterocycles. The molecule has 2 spiro atoms. The van der Waals surface area contributed by atoms with Crippen molar-refractivity contribution in [1.82, 2.24) is 5.32 Å². The number of urea groups is 1. The molecular weight excluding hydrogens is 881 g/mol. The molecule has 18 atom stereocenters. The summed E-state index contributed by atoms with van der Waals surface area (Å²) >= 11 is 0. The van der Waals surface area contributed by atoms with E-state index in [9.17, 15) is 47.3 Å². The number of halogens is 4. The highest BCUT2D eigenvalue weighted by Gasteiger charge is 2.63. The number of aliphatic hydroxyl groups excluding tert-OH is 1. The van der Waals surface area contributed by atoms with Crippen LogP contribution in [-0.2, 0) is 39.4 Å². The zero-order valence-electron chi connectivity index (χ0n) is 40.7. The molecule has 4 fully saturated rings. The van der Waals surface area contributed by atoms with E-state index in [1.807, 2.05) is 62.3 Å². The minimum absolute atomic E-state index is 0.0300. The second-order valence-corrected chi connectivity index (χ2v) is 20.8. The molecule has 17 heteroatoms. The minimum Gasteiger partial charge on any atom is -0.481 e. The largest absolute Gasteiger partial charge is 0.481 e. The Labute approximate surface area is 392 Å². The van der Waals surface area contributed by atoms with Crippen LogP contribution in [0, 0.1) is 47.2 Å². The maximum Gasteiger partial charge on any atom is 0.416 e. The predicted octanol–water partition coefficient (Wildman–Crippen LogP) is 9.18. The van der Waals surface area contributed by atoms with Crippen molar-refractivity contribution >= 4 is 23.5 Å². The van der Waals surface area contributed by atoms with Crippen molar-refractivity contribution in [2.45, 2.75) is 205 Å². The lowest BCUT2D eigenvalue weighted by Crippen LogP contribution is -2.66. The van der Waals surface area contributed by atoms with Gasteiger partial charge in [0.1, 0.15) is 17.6 Å². The van der Waals surface area contributed by atoms with Gasteiger partial charge in [0.05, 0.1) is 59.3 Å².